The third-order valence-corrected chi connectivity index (χ3v) is 12.8. The first-order valence-electron chi connectivity index (χ1n) is 20.8. The third-order valence-electron chi connectivity index (χ3n) is 12.8. The lowest BCUT2D eigenvalue weighted by atomic mass is 9.75. The topological polar surface area (TPSA) is 34.2 Å². The van der Waals surface area contributed by atoms with Crippen molar-refractivity contribution in [2.24, 2.45) is 4.99 Å². The molecule has 4 nitrogen and oxygen atoms in total. The summed E-state index contributed by atoms with van der Waals surface area (Å²) in [6, 6.07) is 42.8. The fraction of sp³-hybridized carbons (Fsp3) is 0.130. The van der Waals surface area contributed by atoms with Gasteiger partial charge in [-0.1, -0.05) is 134 Å². The van der Waals surface area contributed by atoms with E-state index in [-0.39, 0.29) is 12.0 Å². The average molecular weight is 747 g/mol. The number of aliphatic imine (C=N–C) groups is 1. The molecule has 0 amide bonds. The van der Waals surface area contributed by atoms with Gasteiger partial charge in [-0.15, -0.1) is 0 Å². The largest absolute Gasteiger partial charge is 0.345 e. The highest BCUT2D eigenvalue weighted by Crippen LogP contribution is 2.49. The van der Waals surface area contributed by atoms with Crippen molar-refractivity contribution in [1.29, 1.82) is 0 Å². The molecule has 58 heavy (non-hydrogen) atoms. The number of para-hydroxylation sites is 3. The smallest absolute Gasteiger partial charge is 0.209 e. The van der Waals surface area contributed by atoms with E-state index in [9.17, 15) is 0 Å². The summed E-state index contributed by atoms with van der Waals surface area (Å²) in [5.41, 5.74) is 17.4. The quantitative estimate of drug-likeness (QED) is 0.191. The predicted octanol–water partition coefficient (Wildman–Crippen LogP) is 12.8. The zero-order valence-electron chi connectivity index (χ0n) is 32.3. The van der Waals surface area contributed by atoms with Gasteiger partial charge in [0.1, 0.15) is 0 Å². The summed E-state index contributed by atoms with van der Waals surface area (Å²) < 4.78 is 4.84. The summed E-state index contributed by atoms with van der Waals surface area (Å²) in [5.74, 6) is 1.15. The van der Waals surface area contributed by atoms with Crippen LogP contribution in [0.4, 0.5) is 0 Å². The molecule has 2 atom stereocenters. The molecule has 0 radical (unpaired) electrons. The summed E-state index contributed by atoms with van der Waals surface area (Å²) in [5, 5.41) is 7.73. The van der Waals surface area contributed by atoms with Crippen LogP contribution in [0.2, 0.25) is 0 Å². The van der Waals surface area contributed by atoms with Gasteiger partial charge in [-0.25, -0.2) is 4.99 Å². The second-order valence-corrected chi connectivity index (χ2v) is 16.1. The maximum Gasteiger partial charge on any atom is 0.209 e. The van der Waals surface area contributed by atoms with Crippen molar-refractivity contribution in [3.8, 4) is 28.1 Å². The highest BCUT2D eigenvalue weighted by molar-refractivity contribution is 6.11. The monoisotopic (exact) mass is 746 g/mol. The second-order valence-electron chi connectivity index (χ2n) is 16.1. The minimum Gasteiger partial charge on any atom is -0.345 e. The van der Waals surface area contributed by atoms with Gasteiger partial charge in [0.25, 0.3) is 0 Å². The second kappa shape index (κ2) is 13.3. The van der Waals surface area contributed by atoms with Gasteiger partial charge in [-0.05, 0) is 108 Å². The lowest BCUT2D eigenvalue weighted by Crippen LogP contribution is -2.42. The number of nitrogens with zero attached hydrogens (tertiary/aromatic N) is 3. The van der Waals surface area contributed by atoms with Crippen molar-refractivity contribution in [2.75, 3.05) is 0 Å². The Kier molecular flexibility index (Phi) is 7.65. The number of nitrogens with one attached hydrogen (secondary N) is 1. The maximum atomic E-state index is 5.56. The van der Waals surface area contributed by atoms with Gasteiger partial charge in [0.05, 0.1) is 34.0 Å². The van der Waals surface area contributed by atoms with Crippen LogP contribution in [0.1, 0.15) is 42.7 Å². The predicted molar refractivity (Wildman–Crippen MR) is 242 cm³/mol. The summed E-state index contributed by atoms with van der Waals surface area (Å²) in [4.78, 5) is 5.56. The van der Waals surface area contributed by atoms with Crippen LogP contribution in [0, 0.1) is 0 Å². The van der Waals surface area contributed by atoms with Crippen LogP contribution in [-0.4, -0.2) is 21.1 Å². The molecule has 2 aromatic heterocycles. The van der Waals surface area contributed by atoms with E-state index in [1.165, 1.54) is 88.6 Å². The Morgan fingerprint density at radius 2 is 1.34 bits per heavy atom. The zero-order chi connectivity index (χ0) is 38.2. The molecule has 0 fully saturated rings. The van der Waals surface area contributed by atoms with E-state index < -0.39 is 0 Å². The van der Waals surface area contributed by atoms with Crippen LogP contribution in [0.15, 0.2) is 203 Å². The summed E-state index contributed by atoms with van der Waals surface area (Å²) in [7, 11) is 0. The number of hydrogen-bond acceptors (Lipinski definition) is 2. The van der Waals surface area contributed by atoms with Crippen LogP contribution in [0.25, 0.3) is 60.8 Å². The summed E-state index contributed by atoms with van der Waals surface area (Å²) in [6.45, 7) is 0. The van der Waals surface area contributed by atoms with Crippen LogP contribution < -0.4 is 5.32 Å². The molecule has 0 saturated heterocycles. The molecule has 0 bridgehead atoms. The minimum atomic E-state index is 0.0324. The lowest BCUT2D eigenvalue weighted by molar-refractivity contribution is 0.766. The van der Waals surface area contributed by atoms with Crippen LogP contribution in [0.5, 0.6) is 0 Å². The van der Waals surface area contributed by atoms with E-state index in [4.69, 9.17) is 4.99 Å². The Labute approximate surface area is 338 Å². The van der Waals surface area contributed by atoms with Crippen molar-refractivity contribution in [1.82, 2.24) is 14.5 Å². The van der Waals surface area contributed by atoms with Gasteiger partial charge in [-0.3, -0.25) is 4.57 Å². The van der Waals surface area contributed by atoms with E-state index in [0.717, 1.165) is 43.8 Å². The van der Waals surface area contributed by atoms with E-state index in [2.05, 4.69) is 190 Å². The molecule has 278 valence electrons. The molecular formula is C54H42N4. The van der Waals surface area contributed by atoms with Crippen molar-refractivity contribution in [3.63, 3.8) is 0 Å². The first kappa shape index (κ1) is 33.3. The Balaban J connectivity index is 1.09. The molecule has 1 aliphatic heterocycles. The first-order valence-corrected chi connectivity index (χ1v) is 20.8. The minimum absolute atomic E-state index is 0.0324. The molecule has 12 rings (SSSR count). The van der Waals surface area contributed by atoms with Crippen molar-refractivity contribution >= 4 is 38.7 Å². The molecule has 1 N–H and O–H groups in total. The average Bonchev–Trinajstić information content (AvgIpc) is 3.82. The van der Waals surface area contributed by atoms with Gasteiger partial charge in [0.2, 0.25) is 5.96 Å². The standard InChI is InChI=1S/C54H42N4/c1-4-16-35(17-5-1)44-34-47-42-23-12-15-27-50(42)58(54-55-48-25-13-10-24-43(48)52(56-54)36-18-6-2-7-19-36)53(47)46-33-37(28-30-40(44)46)38-29-31-51-45(32-38)41-22-11-14-26-49(41)57(51)39-20-8-3-9-21-39/h3-4,6,8-33,44,48H,1-2,5,7,34H2,(H,55,56). The van der Waals surface area contributed by atoms with E-state index >= 15 is 0 Å². The molecule has 4 heteroatoms. The molecule has 0 saturated carbocycles. The maximum absolute atomic E-state index is 5.56. The Bertz CT molecular complexity index is 3110. The third kappa shape index (κ3) is 5.18. The van der Waals surface area contributed by atoms with E-state index in [1.54, 1.807) is 0 Å². The Hall–Kier alpha value is -6.91. The Morgan fingerprint density at radius 1 is 0.603 bits per heavy atom. The fourth-order valence-corrected chi connectivity index (χ4v) is 10.1. The van der Waals surface area contributed by atoms with Crippen LogP contribution in [0.3, 0.4) is 0 Å². The first-order chi connectivity index (χ1) is 28.8. The molecule has 7 aromatic rings. The van der Waals surface area contributed by atoms with Crippen molar-refractivity contribution < 1.29 is 0 Å². The number of hydrogen-bond donors (Lipinski definition) is 1. The number of allylic oxidation sites excluding steroid dienone is 9. The van der Waals surface area contributed by atoms with Crippen LogP contribution in [-0.2, 0) is 6.42 Å². The van der Waals surface area contributed by atoms with Crippen molar-refractivity contribution in [2.45, 2.75) is 44.1 Å². The van der Waals surface area contributed by atoms with Gasteiger partial charge in [0.15, 0.2) is 0 Å². The van der Waals surface area contributed by atoms with E-state index in [1.807, 2.05) is 0 Å². The molecule has 5 aliphatic rings. The fourth-order valence-electron chi connectivity index (χ4n) is 10.1. The highest BCUT2D eigenvalue weighted by Gasteiger charge is 2.35. The molecule has 4 aliphatic carbocycles. The number of benzene rings is 5. The van der Waals surface area contributed by atoms with Gasteiger partial charge >= 0.3 is 0 Å². The van der Waals surface area contributed by atoms with E-state index in [0.29, 0.717) is 0 Å². The SMILES string of the molecule is C1=CC2=C(C3=CCCC=C3)N=C(n3c4c(c5ccccc53)CC(C3=CCCC=C3)c3ccc(-c5ccc6c(c5)c5ccccc5n6-c5ccccc5)cc3-4)NC2C=C1. The number of aromatic nitrogens is 2. The number of rotatable bonds is 4. The molecular weight excluding hydrogens is 705 g/mol. The van der Waals surface area contributed by atoms with Crippen LogP contribution >= 0.6 is 0 Å². The van der Waals surface area contributed by atoms with Gasteiger partial charge in [-0.2, -0.15) is 0 Å². The highest BCUT2D eigenvalue weighted by atomic mass is 15.2. The molecule has 2 unspecified atom stereocenters. The Morgan fingerprint density at radius 3 is 2.17 bits per heavy atom. The number of fused-ring (bicyclic) bond motifs is 9. The summed E-state index contributed by atoms with van der Waals surface area (Å²) in [6.07, 6.45) is 28.1. The lowest BCUT2D eigenvalue weighted by Gasteiger charge is -2.32. The molecule has 3 heterocycles. The molecule has 0 spiro atoms. The summed E-state index contributed by atoms with van der Waals surface area (Å²) >= 11 is 0. The van der Waals surface area contributed by atoms with Gasteiger partial charge in [0, 0.05) is 38.9 Å². The van der Waals surface area contributed by atoms with Crippen molar-refractivity contribution in [3.05, 3.63) is 210 Å². The van der Waals surface area contributed by atoms with Gasteiger partial charge < -0.3 is 9.88 Å². The zero-order valence-corrected chi connectivity index (χ0v) is 32.3. The normalized spacial score (nSPS) is 19.5. The molecule has 5 aromatic carbocycles.